The molecule has 0 bridgehead atoms. The molecule has 1 fully saturated rings. The van der Waals surface area contributed by atoms with Crippen LogP contribution in [0.5, 0.6) is 0 Å². The van der Waals surface area contributed by atoms with Gasteiger partial charge >= 0.3 is 12.3 Å². The molecular weight excluding hydrogens is 300 g/mol. The van der Waals surface area contributed by atoms with Gasteiger partial charge in [0.2, 0.25) is 5.91 Å². The summed E-state index contributed by atoms with van der Waals surface area (Å²) in [7, 11) is 0. The summed E-state index contributed by atoms with van der Waals surface area (Å²) >= 11 is 0. The predicted octanol–water partition coefficient (Wildman–Crippen LogP) is 2.72. The first-order valence-corrected chi connectivity index (χ1v) is 6.44. The first-order valence-electron chi connectivity index (χ1n) is 6.44. The van der Waals surface area contributed by atoms with Crippen LogP contribution in [0.4, 0.5) is 17.6 Å². The number of alkyl halides is 4. The van der Waals surface area contributed by atoms with Crippen LogP contribution >= 0.6 is 12.4 Å². The maximum atomic E-state index is 12.7. The Labute approximate surface area is 122 Å². The van der Waals surface area contributed by atoms with E-state index in [1.165, 1.54) is 0 Å². The Kier molecular flexibility index (Phi) is 7.80. The van der Waals surface area contributed by atoms with Gasteiger partial charge in [0.25, 0.3) is 0 Å². The highest BCUT2D eigenvalue weighted by Crippen LogP contribution is 2.38. The monoisotopic (exact) mass is 320 g/mol. The molecule has 1 rings (SSSR count). The fourth-order valence-corrected chi connectivity index (χ4v) is 2.45. The van der Waals surface area contributed by atoms with Gasteiger partial charge in [-0.15, -0.1) is 12.4 Å². The van der Waals surface area contributed by atoms with Gasteiger partial charge in [0.05, 0.1) is 6.54 Å². The third-order valence-corrected chi connectivity index (χ3v) is 3.72. The second-order valence-electron chi connectivity index (χ2n) is 5.28. The number of nitrogens with two attached hydrogens (primary N) is 1. The molecule has 0 aromatic carbocycles. The molecule has 3 N–H and O–H groups in total. The number of carbonyl (C=O) groups is 1. The number of hydrogen-bond acceptors (Lipinski definition) is 2. The van der Waals surface area contributed by atoms with Gasteiger partial charge < -0.3 is 11.1 Å². The highest BCUT2D eigenvalue weighted by molar-refractivity contribution is 5.85. The maximum absolute atomic E-state index is 12.7. The Hall–Kier alpha value is -0.560. The van der Waals surface area contributed by atoms with Gasteiger partial charge in [-0.25, -0.2) is 8.78 Å². The zero-order valence-electron chi connectivity index (χ0n) is 11.1. The number of rotatable bonds is 6. The summed E-state index contributed by atoms with van der Waals surface area (Å²) in [5.41, 5.74) is 5.31. The second kappa shape index (κ2) is 8.02. The van der Waals surface area contributed by atoms with E-state index >= 15 is 0 Å². The summed E-state index contributed by atoms with van der Waals surface area (Å²) in [5, 5.41) is 1.89. The van der Waals surface area contributed by atoms with E-state index in [0.717, 1.165) is 32.1 Å². The van der Waals surface area contributed by atoms with E-state index in [-0.39, 0.29) is 24.2 Å². The standard InChI is InChI=1S/C12H20F4N2O.ClH/c13-10(14)12(15,16)8-18-9(19)6-11(7-17)4-2-1-3-5-11;/h10H,1-8,17H2,(H,18,19);1H. The number of halogens is 5. The van der Waals surface area contributed by atoms with E-state index in [2.05, 4.69) is 0 Å². The third kappa shape index (κ3) is 5.44. The number of nitrogens with one attached hydrogen (secondary N) is 1. The molecule has 3 nitrogen and oxygen atoms in total. The van der Waals surface area contributed by atoms with Crippen molar-refractivity contribution in [3.05, 3.63) is 0 Å². The van der Waals surface area contributed by atoms with Crippen LogP contribution in [0.3, 0.4) is 0 Å². The Bertz CT molecular complexity index is 310. The molecule has 20 heavy (non-hydrogen) atoms. The first kappa shape index (κ1) is 19.4. The van der Waals surface area contributed by atoms with Crippen molar-refractivity contribution in [1.29, 1.82) is 0 Å². The molecule has 0 spiro atoms. The lowest BCUT2D eigenvalue weighted by atomic mass is 9.71. The minimum Gasteiger partial charge on any atom is -0.350 e. The van der Waals surface area contributed by atoms with Crippen molar-refractivity contribution >= 4 is 18.3 Å². The van der Waals surface area contributed by atoms with Gasteiger partial charge in [-0.3, -0.25) is 4.79 Å². The maximum Gasteiger partial charge on any atom is 0.324 e. The number of carbonyl (C=O) groups excluding carboxylic acids is 1. The van der Waals surface area contributed by atoms with Gasteiger partial charge in [0.1, 0.15) is 0 Å². The van der Waals surface area contributed by atoms with E-state index in [1.807, 2.05) is 5.32 Å². The summed E-state index contributed by atoms with van der Waals surface area (Å²) in [5.74, 6) is -4.81. The quantitative estimate of drug-likeness (QED) is 0.739. The first-order chi connectivity index (χ1) is 8.81. The lowest BCUT2D eigenvalue weighted by Crippen LogP contribution is -2.44. The summed E-state index contributed by atoms with van der Waals surface area (Å²) in [6, 6.07) is 0. The molecule has 1 aliphatic carbocycles. The lowest BCUT2D eigenvalue weighted by molar-refractivity contribution is -0.138. The van der Waals surface area contributed by atoms with Crippen LogP contribution in [0.2, 0.25) is 0 Å². The SMILES string of the molecule is Cl.NCC1(CC(=O)NCC(F)(F)C(F)F)CCCCC1. The molecule has 0 atom stereocenters. The highest BCUT2D eigenvalue weighted by Gasteiger charge is 2.41. The highest BCUT2D eigenvalue weighted by atomic mass is 35.5. The number of hydrogen-bond donors (Lipinski definition) is 2. The lowest BCUT2D eigenvalue weighted by Gasteiger charge is -2.35. The average Bonchev–Trinajstić information content (AvgIpc) is 2.37. The molecular formula is C12H21ClF4N2O. The summed E-state index contributed by atoms with van der Waals surface area (Å²) in [4.78, 5) is 11.6. The smallest absolute Gasteiger partial charge is 0.324 e. The van der Waals surface area contributed by atoms with Crippen LogP contribution in [0.1, 0.15) is 38.5 Å². The van der Waals surface area contributed by atoms with E-state index in [0.29, 0.717) is 6.54 Å². The Balaban J connectivity index is 0.00000361. The van der Waals surface area contributed by atoms with Crippen LogP contribution < -0.4 is 11.1 Å². The molecule has 8 heteroatoms. The molecule has 1 amide bonds. The third-order valence-electron chi connectivity index (χ3n) is 3.72. The fourth-order valence-electron chi connectivity index (χ4n) is 2.45. The molecule has 0 radical (unpaired) electrons. The summed E-state index contributed by atoms with van der Waals surface area (Å²) in [6.07, 6.45) is 0.806. The van der Waals surface area contributed by atoms with Crippen LogP contribution in [0, 0.1) is 5.41 Å². The van der Waals surface area contributed by atoms with Gasteiger partial charge in [-0.05, 0) is 24.8 Å². The van der Waals surface area contributed by atoms with E-state index in [1.54, 1.807) is 0 Å². The molecule has 0 saturated heterocycles. The minimum atomic E-state index is -4.18. The van der Waals surface area contributed by atoms with Crippen LogP contribution in [-0.2, 0) is 4.79 Å². The molecule has 1 aliphatic rings. The van der Waals surface area contributed by atoms with Crippen molar-refractivity contribution in [3.63, 3.8) is 0 Å². The molecule has 0 heterocycles. The molecule has 0 aliphatic heterocycles. The zero-order chi connectivity index (χ0) is 14.5. The van der Waals surface area contributed by atoms with Crippen molar-refractivity contribution in [3.8, 4) is 0 Å². The van der Waals surface area contributed by atoms with Crippen molar-refractivity contribution in [1.82, 2.24) is 5.32 Å². The van der Waals surface area contributed by atoms with Crippen molar-refractivity contribution in [2.75, 3.05) is 13.1 Å². The van der Waals surface area contributed by atoms with Gasteiger partial charge in [0.15, 0.2) is 0 Å². The van der Waals surface area contributed by atoms with Gasteiger partial charge in [0, 0.05) is 6.42 Å². The average molecular weight is 321 g/mol. The molecule has 0 aromatic heterocycles. The van der Waals surface area contributed by atoms with Gasteiger partial charge in [-0.1, -0.05) is 19.3 Å². The molecule has 0 unspecified atom stereocenters. The minimum absolute atomic E-state index is 0. The Morgan fingerprint density at radius 1 is 1.25 bits per heavy atom. The fraction of sp³-hybridized carbons (Fsp3) is 0.917. The van der Waals surface area contributed by atoms with Crippen LogP contribution in [0.15, 0.2) is 0 Å². The number of amides is 1. The van der Waals surface area contributed by atoms with E-state index in [9.17, 15) is 22.4 Å². The summed E-state index contributed by atoms with van der Waals surface area (Å²) < 4.78 is 49.2. The van der Waals surface area contributed by atoms with E-state index < -0.39 is 24.8 Å². The Morgan fingerprint density at radius 3 is 2.25 bits per heavy atom. The molecule has 0 aromatic rings. The van der Waals surface area contributed by atoms with E-state index in [4.69, 9.17) is 5.73 Å². The van der Waals surface area contributed by atoms with Crippen LogP contribution in [0.25, 0.3) is 0 Å². The van der Waals surface area contributed by atoms with Crippen molar-refractivity contribution < 1.29 is 22.4 Å². The topological polar surface area (TPSA) is 55.1 Å². The second-order valence-corrected chi connectivity index (χ2v) is 5.28. The molecule has 120 valence electrons. The Morgan fingerprint density at radius 2 is 1.80 bits per heavy atom. The molecule has 1 saturated carbocycles. The predicted molar refractivity (Wildman–Crippen MR) is 70.4 cm³/mol. The van der Waals surface area contributed by atoms with Crippen molar-refractivity contribution in [2.45, 2.75) is 50.9 Å². The summed E-state index contributed by atoms with van der Waals surface area (Å²) in [6.45, 7) is -1.02. The zero-order valence-corrected chi connectivity index (χ0v) is 12.0. The largest absolute Gasteiger partial charge is 0.350 e. The normalized spacial score (nSPS) is 18.5. The van der Waals surface area contributed by atoms with Crippen LogP contribution in [-0.4, -0.2) is 31.3 Å². The van der Waals surface area contributed by atoms with Gasteiger partial charge in [-0.2, -0.15) is 8.78 Å². The van der Waals surface area contributed by atoms with Crippen molar-refractivity contribution in [2.24, 2.45) is 11.1 Å².